The molecule has 0 aromatic heterocycles. The summed E-state index contributed by atoms with van der Waals surface area (Å²) in [7, 11) is -4.07. The molecule has 1 aromatic carbocycles. The van der Waals surface area contributed by atoms with Gasteiger partial charge < -0.3 is 15.5 Å². The molecule has 1 saturated heterocycles. The van der Waals surface area contributed by atoms with Crippen molar-refractivity contribution in [3.05, 3.63) is 22.2 Å². The molecule has 0 aliphatic carbocycles. The number of carbonyl (C=O) groups is 1. The molecule has 0 saturated carbocycles. The maximum atomic E-state index is 12.7. The first kappa shape index (κ1) is 23.2. The second-order valence-electron chi connectivity index (χ2n) is 6.40. The third-order valence-electron chi connectivity index (χ3n) is 4.33. The Labute approximate surface area is 169 Å². The number of nitrogens with one attached hydrogen (secondary N) is 1. The summed E-state index contributed by atoms with van der Waals surface area (Å²) in [5, 5.41) is 19.7. The summed E-state index contributed by atoms with van der Waals surface area (Å²) in [5.74, 6) is -1.81. The van der Waals surface area contributed by atoms with Crippen LogP contribution in [-0.4, -0.2) is 59.8 Å². The molecule has 0 bridgehead atoms. The molecule has 1 atom stereocenters. The van der Waals surface area contributed by atoms with Crippen molar-refractivity contribution in [1.82, 2.24) is 4.31 Å². The Balaban J connectivity index is 2.32. The molecule has 1 aliphatic heterocycles. The number of carbonyl (C=O) groups excluding carboxylic acids is 1. The lowest BCUT2D eigenvalue weighted by Gasteiger charge is -2.29. The zero-order valence-corrected chi connectivity index (χ0v) is 16.8. The van der Waals surface area contributed by atoms with E-state index < -0.39 is 54.4 Å². The van der Waals surface area contributed by atoms with E-state index in [1.54, 1.807) is 5.32 Å². The number of aliphatic hydroxyl groups is 2. The number of amides is 1. The Morgan fingerprint density at radius 1 is 1.21 bits per heavy atom. The molecule has 1 aromatic rings. The van der Waals surface area contributed by atoms with Crippen LogP contribution in [0.25, 0.3) is 0 Å². The van der Waals surface area contributed by atoms with Crippen molar-refractivity contribution in [3.8, 4) is 0 Å². The highest BCUT2D eigenvalue weighted by molar-refractivity contribution is 7.89. The predicted octanol–water partition coefficient (Wildman–Crippen LogP) is 2.39. The summed E-state index contributed by atoms with van der Waals surface area (Å²) in [6.07, 6.45) is -5.36. The predicted molar refractivity (Wildman–Crippen MR) is 95.8 cm³/mol. The van der Waals surface area contributed by atoms with Gasteiger partial charge in [-0.15, -0.1) is 0 Å². The van der Waals surface area contributed by atoms with Crippen molar-refractivity contribution >= 4 is 44.8 Å². The molecule has 158 valence electrons. The summed E-state index contributed by atoms with van der Waals surface area (Å²) in [6.45, 7) is 0.385. The number of aliphatic hydroxyl groups excluding tert-OH is 1. The Bertz CT molecular complexity index is 869. The van der Waals surface area contributed by atoms with E-state index in [4.69, 9.17) is 23.2 Å². The van der Waals surface area contributed by atoms with E-state index in [2.05, 4.69) is 0 Å². The third kappa shape index (κ3) is 4.39. The fraction of sp³-hybridized carbons (Fsp3) is 0.533. The van der Waals surface area contributed by atoms with Crippen LogP contribution in [0, 0.1) is 0 Å². The molecule has 7 nitrogen and oxygen atoms in total. The van der Waals surface area contributed by atoms with E-state index in [-0.39, 0.29) is 32.9 Å². The number of benzene rings is 1. The number of anilines is 1. The number of rotatable bonds is 4. The molecule has 2 rings (SSSR count). The standard InChI is InChI=1S/C15H17Cl2F3N2O5S/c1-14(25,15(18,19)20)13(24)21-9-2-3-10(12(17)11(9)16)28(26,27)22-6-4-8(23)5-7-22/h2-3,8,23,25H,4-7H2,1H3,(H,21,24). The van der Waals surface area contributed by atoms with Gasteiger partial charge in [-0.25, -0.2) is 8.42 Å². The van der Waals surface area contributed by atoms with Gasteiger partial charge in [-0.1, -0.05) is 23.2 Å². The first-order chi connectivity index (χ1) is 12.7. The highest BCUT2D eigenvalue weighted by Gasteiger charge is 2.55. The number of alkyl halides is 3. The monoisotopic (exact) mass is 464 g/mol. The molecule has 28 heavy (non-hydrogen) atoms. The minimum absolute atomic E-state index is 0.0599. The topological polar surface area (TPSA) is 107 Å². The van der Waals surface area contributed by atoms with Crippen LogP contribution in [0.4, 0.5) is 18.9 Å². The third-order valence-corrected chi connectivity index (χ3v) is 7.27. The lowest BCUT2D eigenvalue weighted by atomic mass is 10.1. The van der Waals surface area contributed by atoms with Crippen LogP contribution in [0.15, 0.2) is 17.0 Å². The van der Waals surface area contributed by atoms with E-state index in [1.807, 2.05) is 0 Å². The van der Waals surface area contributed by atoms with Gasteiger partial charge in [-0.2, -0.15) is 17.5 Å². The van der Waals surface area contributed by atoms with Gasteiger partial charge in [-0.3, -0.25) is 4.79 Å². The van der Waals surface area contributed by atoms with Gasteiger partial charge in [0.25, 0.3) is 5.91 Å². The fourth-order valence-corrected chi connectivity index (χ4v) is 4.69. The van der Waals surface area contributed by atoms with Crippen LogP contribution in [0.1, 0.15) is 19.8 Å². The average molecular weight is 465 g/mol. The smallest absolute Gasteiger partial charge is 0.393 e. The second-order valence-corrected chi connectivity index (χ2v) is 9.06. The maximum Gasteiger partial charge on any atom is 0.426 e. The van der Waals surface area contributed by atoms with E-state index >= 15 is 0 Å². The van der Waals surface area contributed by atoms with Crippen LogP contribution in [0.2, 0.25) is 10.0 Å². The number of hydrogen-bond acceptors (Lipinski definition) is 5. The van der Waals surface area contributed by atoms with E-state index in [0.29, 0.717) is 0 Å². The molecular weight excluding hydrogens is 448 g/mol. The molecule has 0 radical (unpaired) electrons. The molecule has 1 heterocycles. The fourth-order valence-electron chi connectivity index (χ4n) is 2.42. The first-order valence-corrected chi connectivity index (χ1v) is 10.2. The van der Waals surface area contributed by atoms with Crippen molar-refractivity contribution < 1.29 is 36.6 Å². The van der Waals surface area contributed by atoms with Gasteiger partial charge >= 0.3 is 6.18 Å². The summed E-state index contributed by atoms with van der Waals surface area (Å²) in [4.78, 5) is 11.4. The SMILES string of the molecule is CC(O)(C(=O)Nc1ccc(S(=O)(=O)N2CCC(O)CC2)c(Cl)c1Cl)C(F)(F)F. The summed E-state index contributed by atoms with van der Waals surface area (Å²) < 4.78 is 64.8. The zero-order valence-electron chi connectivity index (χ0n) is 14.4. The minimum Gasteiger partial charge on any atom is -0.393 e. The number of halogens is 5. The number of hydrogen-bond donors (Lipinski definition) is 3. The van der Waals surface area contributed by atoms with Crippen LogP contribution in [0.5, 0.6) is 0 Å². The van der Waals surface area contributed by atoms with Gasteiger partial charge in [-0.05, 0) is 31.9 Å². The maximum absolute atomic E-state index is 12.7. The molecule has 1 unspecified atom stereocenters. The molecule has 1 aliphatic rings. The van der Waals surface area contributed by atoms with Gasteiger partial charge in [0, 0.05) is 13.1 Å². The summed E-state index contributed by atoms with van der Waals surface area (Å²) in [6, 6.07) is 1.97. The molecule has 1 fully saturated rings. The average Bonchev–Trinajstić information content (AvgIpc) is 2.58. The Kier molecular flexibility index (Phi) is 6.59. The lowest BCUT2D eigenvalue weighted by Crippen LogP contribution is -2.52. The normalized spacial score (nSPS) is 19.3. The van der Waals surface area contributed by atoms with Crippen molar-refractivity contribution in [2.45, 2.75) is 42.5 Å². The van der Waals surface area contributed by atoms with Crippen molar-refractivity contribution in [3.63, 3.8) is 0 Å². The number of piperidine rings is 1. The number of sulfonamides is 1. The lowest BCUT2D eigenvalue weighted by molar-refractivity contribution is -0.242. The van der Waals surface area contributed by atoms with Crippen molar-refractivity contribution in [2.24, 2.45) is 0 Å². The van der Waals surface area contributed by atoms with Crippen LogP contribution >= 0.6 is 23.2 Å². The van der Waals surface area contributed by atoms with E-state index in [1.165, 1.54) is 0 Å². The van der Waals surface area contributed by atoms with Crippen molar-refractivity contribution in [2.75, 3.05) is 18.4 Å². The quantitative estimate of drug-likeness (QED) is 0.633. The van der Waals surface area contributed by atoms with E-state index in [0.717, 1.165) is 16.4 Å². The van der Waals surface area contributed by atoms with Crippen LogP contribution < -0.4 is 5.32 Å². The van der Waals surface area contributed by atoms with Gasteiger partial charge in [0.1, 0.15) is 4.90 Å². The number of nitrogens with zero attached hydrogens (tertiary/aromatic N) is 1. The molecule has 1 amide bonds. The molecule has 3 N–H and O–H groups in total. The van der Waals surface area contributed by atoms with E-state index in [9.17, 15) is 36.6 Å². The molecular formula is C15H17Cl2F3N2O5S. The summed E-state index contributed by atoms with van der Waals surface area (Å²) >= 11 is 11.9. The van der Waals surface area contributed by atoms with Crippen molar-refractivity contribution in [1.29, 1.82) is 0 Å². The Hall–Kier alpha value is -1.11. The first-order valence-electron chi connectivity index (χ1n) is 7.96. The minimum atomic E-state index is -5.24. The zero-order chi connectivity index (χ0) is 21.5. The van der Waals surface area contributed by atoms with Gasteiger partial charge in [0.2, 0.25) is 15.6 Å². The highest BCUT2D eigenvalue weighted by Crippen LogP contribution is 2.38. The second kappa shape index (κ2) is 7.96. The Morgan fingerprint density at radius 3 is 2.25 bits per heavy atom. The highest BCUT2D eigenvalue weighted by atomic mass is 35.5. The molecule has 13 heteroatoms. The van der Waals surface area contributed by atoms with Crippen LogP contribution in [0.3, 0.4) is 0 Å². The molecule has 0 spiro atoms. The largest absolute Gasteiger partial charge is 0.426 e. The Morgan fingerprint density at radius 2 is 1.75 bits per heavy atom. The summed E-state index contributed by atoms with van der Waals surface area (Å²) in [5.41, 5.74) is -4.09. The van der Waals surface area contributed by atoms with Gasteiger partial charge in [0.15, 0.2) is 0 Å². The van der Waals surface area contributed by atoms with Crippen LogP contribution in [-0.2, 0) is 14.8 Å². The van der Waals surface area contributed by atoms with Gasteiger partial charge in [0.05, 0.1) is 21.8 Å².